The number of nitriles is 1. The highest BCUT2D eigenvalue weighted by Crippen LogP contribution is 2.30. The Morgan fingerprint density at radius 3 is 2.61 bits per heavy atom. The quantitative estimate of drug-likeness (QED) is 0.293. The van der Waals surface area contributed by atoms with Crippen LogP contribution in [0.4, 0.5) is 17.1 Å². The Morgan fingerprint density at radius 2 is 2.00 bits per heavy atom. The van der Waals surface area contributed by atoms with Gasteiger partial charge in [0.15, 0.2) is 0 Å². The van der Waals surface area contributed by atoms with E-state index in [1.165, 1.54) is 12.1 Å². The molecule has 2 N–H and O–H groups in total. The number of nitro benzene ring substituents is 1. The van der Waals surface area contributed by atoms with Gasteiger partial charge in [-0.15, -0.1) is 15.3 Å². The van der Waals surface area contributed by atoms with Crippen LogP contribution in [0.15, 0.2) is 63.9 Å². The number of benzene rings is 2. The van der Waals surface area contributed by atoms with Gasteiger partial charge in [0.1, 0.15) is 17.5 Å². The first kappa shape index (κ1) is 15.6. The van der Waals surface area contributed by atoms with Crippen LogP contribution in [-0.2, 0) is 0 Å². The Bertz CT molecular complexity index is 811. The van der Waals surface area contributed by atoms with Gasteiger partial charge in [0.05, 0.1) is 16.7 Å². The van der Waals surface area contributed by atoms with Crippen molar-refractivity contribution in [3.8, 4) is 11.8 Å². The predicted molar refractivity (Wildman–Crippen MR) is 82.4 cm³/mol. The van der Waals surface area contributed by atoms with E-state index in [9.17, 15) is 15.2 Å². The van der Waals surface area contributed by atoms with Crippen LogP contribution in [0.1, 0.15) is 0 Å². The second-order valence-electron chi connectivity index (χ2n) is 4.16. The molecule has 0 aliphatic carbocycles. The topological polar surface area (TPSA) is 136 Å². The second kappa shape index (κ2) is 7.28. The van der Waals surface area contributed by atoms with Crippen molar-refractivity contribution in [3.63, 3.8) is 0 Å². The lowest BCUT2D eigenvalue weighted by molar-refractivity contribution is -0.384. The van der Waals surface area contributed by atoms with E-state index in [0.717, 1.165) is 6.07 Å². The molecule has 0 bridgehead atoms. The minimum atomic E-state index is -0.646. The zero-order chi connectivity index (χ0) is 16.7. The van der Waals surface area contributed by atoms with Crippen molar-refractivity contribution < 1.29 is 10.0 Å². The van der Waals surface area contributed by atoms with Gasteiger partial charge in [-0.25, -0.2) is 0 Å². The first-order valence-electron chi connectivity index (χ1n) is 6.28. The summed E-state index contributed by atoms with van der Waals surface area (Å²) in [5.74, 6) is -0.692. The molecular weight excluding hydrogens is 300 g/mol. The molecule has 0 aliphatic rings. The lowest BCUT2D eigenvalue weighted by Gasteiger charge is -1.99. The van der Waals surface area contributed by atoms with Crippen LogP contribution in [0.25, 0.3) is 0 Å². The van der Waals surface area contributed by atoms with Crippen LogP contribution in [0.2, 0.25) is 0 Å². The van der Waals surface area contributed by atoms with Crippen LogP contribution in [0.3, 0.4) is 0 Å². The predicted octanol–water partition coefficient (Wildman–Crippen LogP) is 3.33. The molecule has 23 heavy (non-hydrogen) atoms. The Kier molecular flexibility index (Phi) is 4.93. The second-order valence-corrected chi connectivity index (χ2v) is 4.16. The summed E-state index contributed by atoms with van der Waals surface area (Å²) in [6, 6.07) is 14.0. The summed E-state index contributed by atoms with van der Waals surface area (Å²) < 4.78 is 0. The number of nitrogens with one attached hydrogen (secondary N) is 1. The number of hydrazone groups is 1. The van der Waals surface area contributed by atoms with E-state index in [1.54, 1.807) is 30.3 Å². The van der Waals surface area contributed by atoms with Gasteiger partial charge in [-0.2, -0.15) is 5.26 Å². The number of hydrogen-bond acceptors (Lipinski definition) is 7. The van der Waals surface area contributed by atoms with Crippen LogP contribution in [0.5, 0.6) is 5.75 Å². The number of aromatic hydroxyl groups is 1. The third-order valence-corrected chi connectivity index (χ3v) is 2.59. The Balaban J connectivity index is 2.14. The molecule has 0 unspecified atom stereocenters. The molecular formula is C14H10N6O3. The number of azo groups is 1. The van der Waals surface area contributed by atoms with E-state index in [0.29, 0.717) is 5.69 Å². The molecule has 0 aliphatic heterocycles. The number of phenols is 1. The summed E-state index contributed by atoms with van der Waals surface area (Å²) in [4.78, 5) is 9.92. The molecule has 0 atom stereocenters. The normalized spacial score (nSPS) is 11.2. The molecule has 0 radical (unpaired) electrons. The van der Waals surface area contributed by atoms with Crippen molar-refractivity contribution >= 4 is 22.9 Å². The average molecular weight is 310 g/mol. The number of rotatable bonds is 4. The fraction of sp³-hybridized carbons (Fsp3) is 0. The molecule has 2 rings (SSSR count). The summed E-state index contributed by atoms with van der Waals surface area (Å²) in [5.41, 5.74) is 3.00. The molecule has 2 aromatic carbocycles. The van der Waals surface area contributed by atoms with Crippen LogP contribution >= 0.6 is 0 Å². The highest BCUT2D eigenvalue weighted by atomic mass is 16.6. The minimum Gasteiger partial charge on any atom is -0.505 e. The van der Waals surface area contributed by atoms with Crippen molar-refractivity contribution in [3.05, 3.63) is 58.6 Å². The van der Waals surface area contributed by atoms with Crippen LogP contribution < -0.4 is 5.43 Å². The first-order valence-corrected chi connectivity index (χ1v) is 6.28. The highest BCUT2D eigenvalue weighted by molar-refractivity contribution is 5.97. The molecule has 114 valence electrons. The Hall–Kier alpha value is -3.80. The van der Waals surface area contributed by atoms with E-state index >= 15 is 0 Å². The Morgan fingerprint density at radius 1 is 1.26 bits per heavy atom. The van der Waals surface area contributed by atoms with Gasteiger partial charge in [-0.1, -0.05) is 18.2 Å². The fourth-order valence-electron chi connectivity index (χ4n) is 1.51. The molecule has 0 amide bonds. The number of anilines is 1. The van der Waals surface area contributed by atoms with E-state index in [1.807, 2.05) is 6.07 Å². The van der Waals surface area contributed by atoms with Gasteiger partial charge >= 0.3 is 0 Å². The minimum absolute atomic E-state index is 0.0155. The van der Waals surface area contributed by atoms with Crippen molar-refractivity contribution in [2.75, 3.05) is 5.43 Å². The summed E-state index contributed by atoms with van der Waals surface area (Å²) >= 11 is 0. The van der Waals surface area contributed by atoms with Gasteiger partial charge in [-0.05, 0) is 18.2 Å². The lowest BCUT2D eigenvalue weighted by Crippen LogP contribution is -1.95. The Labute approximate surface area is 130 Å². The van der Waals surface area contributed by atoms with Crippen molar-refractivity contribution in [2.45, 2.75) is 0 Å². The summed E-state index contributed by atoms with van der Waals surface area (Å²) in [6.45, 7) is 0. The third kappa shape index (κ3) is 4.33. The number of nitro groups is 1. The molecule has 2 aromatic rings. The number of non-ortho nitro benzene ring substituents is 1. The zero-order valence-electron chi connectivity index (χ0n) is 11.6. The molecule has 0 fully saturated rings. The molecule has 0 aromatic heterocycles. The number of phenolic OH excluding ortho intramolecular Hbond substituents is 1. The van der Waals surface area contributed by atoms with Gasteiger partial charge in [0, 0.05) is 6.07 Å². The average Bonchev–Trinajstić information content (AvgIpc) is 2.57. The summed E-state index contributed by atoms with van der Waals surface area (Å²) in [7, 11) is 0. The van der Waals surface area contributed by atoms with E-state index in [2.05, 4.69) is 20.8 Å². The molecule has 0 saturated carbocycles. The van der Waals surface area contributed by atoms with E-state index < -0.39 is 10.7 Å². The number of nitrogens with zero attached hydrogens (tertiary/aromatic N) is 5. The standard InChI is InChI=1S/C14H10N6O3/c15-9-14(18-16-10-4-2-1-3-5-10)19-17-12-7-6-11(20(22)23)8-13(12)21/h1-8,16,21H/b18-14+,19-17?. The number of hydrogen-bond donors (Lipinski definition) is 2. The maximum atomic E-state index is 10.6. The maximum absolute atomic E-state index is 10.6. The van der Waals surface area contributed by atoms with Crippen LogP contribution in [-0.4, -0.2) is 15.9 Å². The van der Waals surface area contributed by atoms with E-state index in [4.69, 9.17) is 5.26 Å². The highest BCUT2D eigenvalue weighted by Gasteiger charge is 2.09. The van der Waals surface area contributed by atoms with Gasteiger partial charge in [0.2, 0.25) is 0 Å². The summed E-state index contributed by atoms with van der Waals surface area (Å²) in [5, 5.41) is 40.1. The zero-order valence-corrected chi connectivity index (χ0v) is 11.6. The fourth-order valence-corrected chi connectivity index (χ4v) is 1.51. The molecule has 0 spiro atoms. The van der Waals surface area contributed by atoms with Gasteiger partial charge in [0.25, 0.3) is 11.5 Å². The molecule has 0 saturated heterocycles. The lowest BCUT2D eigenvalue weighted by atomic mass is 10.2. The van der Waals surface area contributed by atoms with Crippen molar-refractivity contribution in [2.24, 2.45) is 15.3 Å². The van der Waals surface area contributed by atoms with E-state index in [-0.39, 0.29) is 17.2 Å². The largest absolute Gasteiger partial charge is 0.505 e. The molecule has 0 heterocycles. The van der Waals surface area contributed by atoms with Crippen LogP contribution in [0, 0.1) is 21.4 Å². The van der Waals surface area contributed by atoms with Gasteiger partial charge in [-0.3, -0.25) is 15.5 Å². The molecule has 9 heteroatoms. The number of para-hydroxylation sites is 1. The number of amidine groups is 1. The first-order chi connectivity index (χ1) is 11.1. The van der Waals surface area contributed by atoms with Crippen molar-refractivity contribution in [1.29, 1.82) is 5.26 Å². The van der Waals surface area contributed by atoms with Crippen molar-refractivity contribution in [1.82, 2.24) is 0 Å². The SMILES string of the molecule is N#C/C(N=Nc1ccc([N+](=O)[O-])cc1O)=N\Nc1ccccc1. The monoisotopic (exact) mass is 310 g/mol. The molecule has 9 nitrogen and oxygen atoms in total. The third-order valence-electron chi connectivity index (χ3n) is 2.59. The smallest absolute Gasteiger partial charge is 0.273 e. The summed E-state index contributed by atoms with van der Waals surface area (Å²) in [6.07, 6.45) is 0. The van der Waals surface area contributed by atoms with Gasteiger partial charge < -0.3 is 5.11 Å². The maximum Gasteiger partial charge on any atom is 0.273 e.